The van der Waals surface area contributed by atoms with Crippen LogP contribution in [-0.4, -0.2) is 35.0 Å². The fraction of sp³-hybridized carbons (Fsp3) is 0. The van der Waals surface area contributed by atoms with Gasteiger partial charge in [0, 0.05) is 11.1 Å². The van der Waals surface area contributed by atoms with E-state index in [1.165, 1.54) is 0 Å². The summed E-state index contributed by atoms with van der Waals surface area (Å²) in [6.07, 6.45) is 0. The van der Waals surface area contributed by atoms with Crippen LogP contribution in [0.5, 0.6) is 0 Å². The zero-order valence-corrected chi connectivity index (χ0v) is 20.1. The summed E-state index contributed by atoms with van der Waals surface area (Å²) >= 11 is 0. The molecule has 0 aliphatic rings. The number of carbonyl (C=O) groups is 2. The second-order valence-corrected chi connectivity index (χ2v) is 8.03. The summed E-state index contributed by atoms with van der Waals surface area (Å²) in [5, 5.41) is 29.7. The number of benzene rings is 6. The Bertz CT molecular complexity index is 1590. The molecule has 0 amide bonds. The van der Waals surface area contributed by atoms with Crippen LogP contribution < -0.4 is 10.2 Å². The van der Waals surface area contributed by atoms with Crippen LogP contribution in [0.4, 0.5) is 0 Å². The van der Waals surface area contributed by atoms with Gasteiger partial charge in [-0.25, -0.2) is 0 Å². The van der Waals surface area contributed by atoms with Crippen LogP contribution in [0.3, 0.4) is 0 Å². The summed E-state index contributed by atoms with van der Waals surface area (Å²) in [5.74, 6) is -2.27. The third-order valence-corrected chi connectivity index (χ3v) is 5.93. The Labute approximate surface area is 217 Å². The largest absolute Gasteiger partial charge is 2.00 e. The Morgan fingerprint density at radius 1 is 0.429 bits per heavy atom. The van der Waals surface area contributed by atoms with Crippen molar-refractivity contribution in [1.82, 2.24) is 0 Å². The maximum absolute atomic E-state index is 11.0. The number of hydrogen-bond acceptors (Lipinski definition) is 4. The first-order valence-corrected chi connectivity index (χ1v) is 10.8. The molecular weight excluding hydrogens is 449 g/mol. The van der Waals surface area contributed by atoms with E-state index in [9.17, 15) is 19.8 Å². The van der Waals surface area contributed by atoms with Crippen LogP contribution in [0.1, 0.15) is 20.7 Å². The van der Waals surface area contributed by atoms with Gasteiger partial charge in [-0.05, 0) is 67.4 Å². The van der Waals surface area contributed by atoms with Crippen molar-refractivity contribution in [3.8, 4) is 0 Å². The van der Waals surface area contributed by atoms with Gasteiger partial charge in [-0.2, -0.15) is 0 Å². The average molecular weight is 467 g/mol. The molecule has 0 atom stereocenters. The van der Waals surface area contributed by atoms with Gasteiger partial charge in [-0.1, -0.05) is 84.9 Å². The number of carboxylic acids is 2. The van der Waals surface area contributed by atoms with E-state index in [1.807, 2.05) is 84.9 Å². The number of aromatic carboxylic acids is 2. The molecule has 6 rings (SSSR count). The van der Waals surface area contributed by atoms with Gasteiger partial charge in [0.05, 0.1) is 11.9 Å². The molecule has 6 aromatic carbocycles. The van der Waals surface area contributed by atoms with Crippen molar-refractivity contribution >= 4 is 78.1 Å². The van der Waals surface area contributed by atoms with Crippen molar-refractivity contribution in [2.45, 2.75) is 0 Å². The average Bonchev–Trinajstić information content (AvgIpc) is 2.85. The monoisotopic (exact) mass is 466 g/mol. The smallest absolute Gasteiger partial charge is 0.545 e. The Hall–Kier alpha value is -3.93. The summed E-state index contributed by atoms with van der Waals surface area (Å²) in [6.45, 7) is 0. The van der Waals surface area contributed by atoms with E-state index >= 15 is 0 Å². The first-order valence-electron chi connectivity index (χ1n) is 10.8. The standard InChI is InChI=1S/2C15H10O2.Mg/c2*16-15(17)13-7-3-6-12-8-10-4-1-2-5-11(10)9-14(12)13;/h2*1-9H,(H,16,17);/q;;+2/p-2. The summed E-state index contributed by atoms with van der Waals surface area (Å²) in [7, 11) is 0. The van der Waals surface area contributed by atoms with Crippen LogP contribution >= 0.6 is 0 Å². The molecule has 35 heavy (non-hydrogen) atoms. The van der Waals surface area contributed by atoms with Gasteiger partial charge in [0.15, 0.2) is 0 Å². The number of carbonyl (C=O) groups excluding carboxylic acids is 2. The van der Waals surface area contributed by atoms with E-state index in [4.69, 9.17) is 0 Å². The maximum Gasteiger partial charge on any atom is 2.00 e. The van der Waals surface area contributed by atoms with E-state index in [2.05, 4.69) is 0 Å². The molecule has 0 radical (unpaired) electrons. The Balaban J connectivity index is 0.000000160. The molecule has 5 heteroatoms. The molecule has 4 nitrogen and oxygen atoms in total. The molecule has 0 spiro atoms. The minimum absolute atomic E-state index is 0. The van der Waals surface area contributed by atoms with Crippen molar-refractivity contribution in [2.24, 2.45) is 0 Å². The molecule has 0 saturated heterocycles. The van der Waals surface area contributed by atoms with Gasteiger partial charge in [0.1, 0.15) is 0 Å². The summed E-state index contributed by atoms with van der Waals surface area (Å²) in [6, 6.07) is 34.0. The van der Waals surface area contributed by atoms with Crippen LogP contribution in [0.15, 0.2) is 109 Å². The molecule has 0 fully saturated rings. The normalized spacial score (nSPS) is 10.5. The Kier molecular flexibility index (Phi) is 7.01. The summed E-state index contributed by atoms with van der Waals surface area (Å²) < 4.78 is 0. The van der Waals surface area contributed by atoms with E-state index in [1.54, 1.807) is 24.3 Å². The Morgan fingerprint density at radius 3 is 1.09 bits per heavy atom. The topological polar surface area (TPSA) is 80.3 Å². The van der Waals surface area contributed by atoms with Gasteiger partial charge in [0.2, 0.25) is 0 Å². The van der Waals surface area contributed by atoms with Gasteiger partial charge in [-0.15, -0.1) is 0 Å². The van der Waals surface area contributed by atoms with Crippen molar-refractivity contribution in [2.75, 3.05) is 0 Å². The molecule has 0 aliphatic carbocycles. The Morgan fingerprint density at radius 2 is 0.743 bits per heavy atom. The minimum Gasteiger partial charge on any atom is -0.545 e. The van der Waals surface area contributed by atoms with E-state index in [0.717, 1.165) is 43.1 Å². The quantitative estimate of drug-likeness (QED) is 0.281. The van der Waals surface area contributed by atoms with Crippen molar-refractivity contribution < 1.29 is 19.8 Å². The van der Waals surface area contributed by atoms with Crippen molar-refractivity contribution in [1.29, 1.82) is 0 Å². The zero-order chi connectivity index (χ0) is 23.7. The van der Waals surface area contributed by atoms with Gasteiger partial charge in [0.25, 0.3) is 0 Å². The summed E-state index contributed by atoms with van der Waals surface area (Å²) in [5.41, 5.74) is 0.488. The van der Waals surface area contributed by atoms with E-state index in [0.29, 0.717) is 0 Å². The second-order valence-electron chi connectivity index (χ2n) is 8.03. The molecule has 0 N–H and O–H groups in total. The first-order chi connectivity index (χ1) is 16.5. The van der Waals surface area contributed by atoms with Crippen LogP contribution in [-0.2, 0) is 0 Å². The molecule has 0 bridgehead atoms. The molecule has 6 aromatic rings. The number of hydrogen-bond donors (Lipinski definition) is 0. The molecule has 0 aromatic heterocycles. The zero-order valence-electron chi connectivity index (χ0n) is 18.7. The molecular formula is C30H18MgO4. The van der Waals surface area contributed by atoms with Crippen LogP contribution in [0.2, 0.25) is 0 Å². The van der Waals surface area contributed by atoms with Crippen molar-refractivity contribution in [3.63, 3.8) is 0 Å². The van der Waals surface area contributed by atoms with Gasteiger partial charge in [-0.3, -0.25) is 0 Å². The number of rotatable bonds is 2. The molecule has 0 aliphatic heterocycles. The van der Waals surface area contributed by atoms with Crippen molar-refractivity contribution in [3.05, 3.63) is 120 Å². The van der Waals surface area contributed by atoms with Crippen LogP contribution in [0.25, 0.3) is 43.1 Å². The van der Waals surface area contributed by atoms with Gasteiger partial charge >= 0.3 is 23.1 Å². The SMILES string of the molecule is O=C([O-])c1cccc2cc3ccccc3cc12.O=C([O-])c1cccc2cc3ccccc3cc12.[Mg+2]. The van der Waals surface area contributed by atoms with Gasteiger partial charge < -0.3 is 19.8 Å². The molecule has 0 heterocycles. The fourth-order valence-electron chi connectivity index (χ4n) is 4.29. The predicted octanol–water partition coefficient (Wildman–Crippen LogP) is 4.33. The number of carboxylic acid groups (broad SMARTS) is 2. The third-order valence-electron chi connectivity index (χ3n) is 5.93. The van der Waals surface area contributed by atoms with E-state index in [-0.39, 0.29) is 34.2 Å². The van der Waals surface area contributed by atoms with E-state index < -0.39 is 11.9 Å². The summed E-state index contributed by atoms with van der Waals surface area (Å²) in [4.78, 5) is 22.1. The van der Waals surface area contributed by atoms with Crippen LogP contribution in [0, 0.1) is 0 Å². The second kappa shape index (κ2) is 10.1. The maximum atomic E-state index is 11.0. The molecule has 164 valence electrons. The molecule has 0 unspecified atom stereocenters. The predicted molar refractivity (Wildman–Crippen MR) is 137 cm³/mol. The third kappa shape index (κ3) is 4.82. The molecule has 0 saturated carbocycles. The fourth-order valence-corrected chi connectivity index (χ4v) is 4.29. The minimum atomic E-state index is -1.13. The first kappa shape index (κ1) is 24.2. The number of fused-ring (bicyclic) bond motifs is 4.